The first-order valence-electron chi connectivity index (χ1n) is 9.25. The van der Waals surface area contributed by atoms with Gasteiger partial charge in [-0.05, 0) is 30.3 Å². The lowest BCUT2D eigenvalue weighted by Crippen LogP contribution is -2.43. The first-order valence-corrected chi connectivity index (χ1v) is 9.63. The van der Waals surface area contributed by atoms with Crippen LogP contribution in [-0.4, -0.2) is 55.6 Å². The normalized spacial score (nSPS) is 19.6. The van der Waals surface area contributed by atoms with Gasteiger partial charge in [-0.2, -0.15) is 5.11 Å². The van der Waals surface area contributed by atoms with Gasteiger partial charge in [-0.1, -0.05) is 22.9 Å². The van der Waals surface area contributed by atoms with Gasteiger partial charge < -0.3 is 14.8 Å². The van der Waals surface area contributed by atoms with E-state index in [1.54, 1.807) is 36.4 Å². The molecule has 0 bridgehead atoms. The highest BCUT2D eigenvalue weighted by atomic mass is 35.5. The van der Waals surface area contributed by atoms with Gasteiger partial charge in [0.15, 0.2) is 12.1 Å². The summed E-state index contributed by atoms with van der Waals surface area (Å²) in [5, 5.41) is 12.0. The number of nitrogens with zero attached hydrogens (tertiary/aromatic N) is 4. The summed E-state index contributed by atoms with van der Waals surface area (Å²) in [6, 6.07) is 9.41. The van der Waals surface area contributed by atoms with Crippen molar-refractivity contribution in [3.63, 3.8) is 0 Å². The van der Waals surface area contributed by atoms with Gasteiger partial charge in [-0.15, -0.1) is 0 Å². The quantitative estimate of drug-likeness (QED) is 0.685. The number of fused-ring (bicyclic) bond motifs is 1. The monoisotopic (exact) mass is 443 g/mol. The first kappa shape index (κ1) is 20.6. The molecule has 160 valence electrons. The van der Waals surface area contributed by atoms with E-state index < -0.39 is 29.8 Å². The molecular weight excluding hydrogens is 426 g/mol. The average Bonchev–Trinajstić information content (AvgIpc) is 3.27. The summed E-state index contributed by atoms with van der Waals surface area (Å²) in [7, 11) is 2.99. The molecule has 0 aliphatic carbocycles. The Balaban J connectivity index is 1.49. The lowest BCUT2D eigenvalue weighted by molar-refractivity contribution is -0.123. The molecule has 31 heavy (non-hydrogen) atoms. The summed E-state index contributed by atoms with van der Waals surface area (Å²) in [6.07, 6.45) is 0. The zero-order valence-electron chi connectivity index (χ0n) is 16.6. The van der Waals surface area contributed by atoms with Crippen LogP contribution < -0.4 is 19.7 Å². The topological polar surface area (TPSA) is 113 Å². The maximum Gasteiger partial charge on any atom is 0.263 e. The molecule has 1 N–H and O–H groups in total. The van der Waals surface area contributed by atoms with Crippen molar-refractivity contribution in [2.75, 3.05) is 31.0 Å². The lowest BCUT2D eigenvalue weighted by atomic mass is 10.1. The predicted molar refractivity (Wildman–Crippen MR) is 111 cm³/mol. The molecule has 3 amide bonds. The van der Waals surface area contributed by atoms with Gasteiger partial charge in [-0.25, -0.2) is 4.90 Å². The third-order valence-corrected chi connectivity index (χ3v) is 5.21. The highest BCUT2D eigenvalue weighted by Crippen LogP contribution is 2.35. The van der Waals surface area contributed by atoms with E-state index in [1.165, 1.54) is 25.3 Å². The van der Waals surface area contributed by atoms with E-state index in [0.29, 0.717) is 22.9 Å². The lowest BCUT2D eigenvalue weighted by Gasteiger charge is -2.20. The summed E-state index contributed by atoms with van der Waals surface area (Å²) in [5.74, 6) is -0.477. The Labute approximate surface area is 182 Å². The number of imide groups is 1. The summed E-state index contributed by atoms with van der Waals surface area (Å²) >= 11 is 6.13. The van der Waals surface area contributed by atoms with Crippen LogP contribution in [0.5, 0.6) is 11.5 Å². The second-order valence-corrected chi connectivity index (χ2v) is 7.21. The smallest absolute Gasteiger partial charge is 0.263 e. The Morgan fingerprint density at radius 2 is 1.94 bits per heavy atom. The number of carbonyl (C=O) groups excluding carboxylic acids is 3. The Morgan fingerprint density at radius 3 is 2.65 bits per heavy atom. The average molecular weight is 444 g/mol. The number of rotatable bonds is 6. The maximum absolute atomic E-state index is 13.0. The van der Waals surface area contributed by atoms with E-state index in [-0.39, 0.29) is 11.6 Å². The standard InChI is InChI=1S/C20H18ClN5O5/c1-30-13-5-3-4-11(8-13)22-16(27)10-25-18-17(23-24-25)19(28)26(20(18)29)12-6-7-15(31-2)14(21)9-12/h3-9,17-18H,10H2,1-2H3,(H,22,27)/t17-,18+/m0/s1. The van der Waals surface area contributed by atoms with Crippen molar-refractivity contribution in [1.82, 2.24) is 5.01 Å². The summed E-state index contributed by atoms with van der Waals surface area (Å²) in [4.78, 5) is 39.3. The minimum Gasteiger partial charge on any atom is -0.497 e. The fourth-order valence-corrected chi connectivity index (χ4v) is 3.70. The number of ether oxygens (including phenoxy) is 2. The second kappa shape index (κ2) is 8.23. The van der Waals surface area contributed by atoms with E-state index in [9.17, 15) is 14.4 Å². The molecule has 2 atom stereocenters. The van der Waals surface area contributed by atoms with Gasteiger partial charge in [0.25, 0.3) is 11.8 Å². The molecule has 11 heteroatoms. The van der Waals surface area contributed by atoms with E-state index in [1.807, 2.05) is 0 Å². The van der Waals surface area contributed by atoms with Crippen LogP contribution in [0.2, 0.25) is 5.02 Å². The summed E-state index contributed by atoms with van der Waals surface area (Å²) in [6.45, 7) is -0.252. The third kappa shape index (κ3) is 3.77. The van der Waals surface area contributed by atoms with Crippen LogP contribution in [0.4, 0.5) is 11.4 Å². The van der Waals surface area contributed by atoms with Gasteiger partial charge in [0.1, 0.15) is 18.0 Å². The molecule has 1 saturated heterocycles. The van der Waals surface area contributed by atoms with Gasteiger partial charge in [-0.3, -0.25) is 19.4 Å². The van der Waals surface area contributed by atoms with Gasteiger partial charge in [0.05, 0.1) is 24.9 Å². The van der Waals surface area contributed by atoms with E-state index in [4.69, 9.17) is 21.1 Å². The van der Waals surface area contributed by atoms with Crippen LogP contribution in [0.3, 0.4) is 0 Å². The number of halogens is 1. The van der Waals surface area contributed by atoms with Gasteiger partial charge in [0, 0.05) is 11.8 Å². The fourth-order valence-electron chi connectivity index (χ4n) is 3.45. The number of methoxy groups -OCH3 is 2. The molecule has 10 nitrogen and oxygen atoms in total. The van der Waals surface area contributed by atoms with Gasteiger partial charge in [0.2, 0.25) is 5.91 Å². The van der Waals surface area contributed by atoms with Crippen LogP contribution in [0.1, 0.15) is 0 Å². The van der Waals surface area contributed by atoms with Crippen LogP contribution in [0, 0.1) is 0 Å². The number of carbonyl (C=O) groups is 3. The molecule has 0 unspecified atom stereocenters. The third-order valence-electron chi connectivity index (χ3n) is 4.91. The molecular formula is C20H18ClN5O5. The van der Waals surface area contributed by atoms with E-state index in [0.717, 1.165) is 4.90 Å². The summed E-state index contributed by atoms with van der Waals surface area (Å²) < 4.78 is 10.2. The Morgan fingerprint density at radius 1 is 1.13 bits per heavy atom. The zero-order valence-corrected chi connectivity index (χ0v) is 17.4. The van der Waals surface area contributed by atoms with Crippen molar-refractivity contribution >= 4 is 40.7 Å². The largest absolute Gasteiger partial charge is 0.497 e. The minimum atomic E-state index is -1.02. The van der Waals surface area contributed by atoms with Crippen molar-refractivity contribution in [2.24, 2.45) is 10.3 Å². The maximum atomic E-state index is 13.0. The van der Waals surface area contributed by atoms with Crippen molar-refractivity contribution in [3.8, 4) is 11.5 Å². The second-order valence-electron chi connectivity index (χ2n) is 6.80. The number of nitrogens with one attached hydrogen (secondary N) is 1. The van der Waals surface area contributed by atoms with Gasteiger partial charge >= 0.3 is 0 Å². The first-order chi connectivity index (χ1) is 14.9. The molecule has 0 saturated carbocycles. The number of anilines is 2. The highest BCUT2D eigenvalue weighted by molar-refractivity contribution is 6.33. The Hall–Kier alpha value is -3.66. The molecule has 0 spiro atoms. The molecule has 2 heterocycles. The zero-order chi connectivity index (χ0) is 22.1. The Bertz CT molecular complexity index is 1090. The highest BCUT2D eigenvalue weighted by Gasteiger charge is 2.55. The number of amides is 3. The molecule has 1 fully saturated rings. The number of hydrogen-bond acceptors (Lipinski definition) is 8. The number of hydrogen-bond donors (Lipinski definition) is 1. The van der Waals surface area contributed by atoms with Crippen LogP contribution in [0.15, 0.2) is 52.8 Å². The minimum absolute atomic E-state index is 0.252. The molecule has 2 aromatic carbocycles. The van der Waals surface area contributed by atoms with Crippen molar-refractivity contribution in [2.45, 2.75) is 12.1 Å². The van der Waals surface area contributed by atoms with E-state index in [2.05, 4.69) is 15.7 Å². The Kier molecular flexibility index (Phi) is 5.47. The van der Waals surface area contributed by atoms with Crippen molar-refractivity contribution < 1.29 is 23.9 Å². The van der Waals surface area contributed by atoms with Crippen LogP contribution in [-0.2, 0) is 14.4 Å². The SMILES string of the molecule is COc1cccc(NC(=O)CN2N=N[C@@H]3C(=O)N(c4ccc(OC)c(Cl)c4)C(=O)[C@@H]32)c1. The van der Waals surface area contributed by atoms with Crippen LogP contribution >= 0.6 is 11.6 Å². The molecule has 2 aliphatic rings. The summed E-state index contributed by atoms with van der Waals surface area (Å²) in [5.41, 5.74) is 0.826. The van der Waals surface area contributed by atoms with Crippen LogP contribution in [0.25, 0.3) is 0 Å². The molecule has 0 aromatic heterocycles. The molecule has 2 aromatic rings. The fraction of sp³-hybridized carbons (Fsp3) is 0.250. The predicted octanol–water partition coefficient (Wildman–Crippen LogP) is 2.29. The van der Waals surface area contributed by atoms with Crippen molar-refractivity contribution in [1.29, 1.82) is 0 Å². The number of benzene rings is 2. The molecule has 4 rings (SSSR count). The molecule has 2 aliphatic heterocycles. The molecule has 0 radical (unpaired) electrons. The van der Waals surface area contributed by atoms with E-state index >= 15 is 0 Å². The van der Waals surface area contributed by atoms with Crippen molar-refractivity contribution in [3.05, 3.63) is 47.5 Å².